The zero-order chi connectivity index (χ0) is 19.6. The predicted molar refractivity (Wildman–Crippen MR) is 100.0 cm³/mol. The van der Waals surface area contributed by atoms with E-state index in [1.165, 1.54) is 55.6 Å². The summed E-state index contributed by atoms with van der Waals surface area (Å²) in [6.07, 6.45) is 0. The van der Waals surface area contributed by atoms with Crippen LogP contribution in [-0.2, 0) is 10.0 Å². The van der Waals surface area contributed by atoms with Crippen molar-refractivity contribution in [2.45, 2.75) is 4.90 Å². The summed E-state index contributed by atoms with van der Waals surface area (Å²) in [6, 6.07) is 12.7. The fraction of sp³-hybridized carbons (Fsp3) is 0.0588. The van der Waals surface area contributed by atoms with Crippen molar-refractivity contribution in [3.8, 4) is 11.6 Å². The number of sulfonamides is 1. The summed E-state index contributed by atoms with van der Waals surface area (Å²) in [5.41, 5.74) is 5.83. The number of nitrogen functional groups attached to an aromatic ring is 1. The number of nitrogens with zero attached hydrogens (tertiary/aromatic N) is 3. The maximum absolute atomic E-state index is 13.9. The molecule has 0 aliphatic carbocycles. The highest BCUT2D eigenvalue weighted by Crippen LogP contribution is 2.28. The summed E-state index contributed by atoms with van der Waals surface area (Å²) in [7, 11) is -2.71. The molecule has 0 bridgehead atoms. The first-order valence-corrected chi connectivity index (χ1v) is 9.40. The molecule has 0 spiro atoms. The van der Waals surface area contributed by atoms with Crippen molar-refractivity contribution in [1.82, 2.24) is 9.97 Å². The number of anilines is 2. The molecule has 7 nitrogen and oxygen atoms in total. The molecule has 0 atom stereocenters. The van der Waals surface area contributed by atoms with Gasteiger partial charge in [0.25, 0.3) is 10.0 Å². The van der Waals surface area contributed by atoms with E-state index in [-0.39, 0.29) is 17.0 Å². The van der Waals surface area contributed by atoms with Crippen LogP contribution in [0.3, 0.4) is 0 Å². The van der Waals surface area contributed by atoms with Gasteiger partial charge in [0, 0.05) is 13.1 Å². The van der Waals surface area contributed by atoms with Gasteiger partial charge in [-0.1, -0.05) is 23.7 Å². The van der Waals surface area contributed by atoms with Crippen LogP contribution in [0.5, 0.6) is 11.6 Å². The summed E-state index contributed by atoms with van der Waals surface area (Å²) < 4.78 is 45.6. The number of hydrogen-bond acceptors (Lipinski definition) is 6. The van der Waals surface area contributed by atoms with E-state index in [4.69, 9.17) is 22.1 Å². The summed E-state index contributed by atoms with van der Waals surface area (Å²) in [4.78, 5) is 7.21. The lowest BCUT2D eigenvalue weighted by Crippen LogP contribution is -2.27. The molecule has 3 aromatic rings. The molecule has 0 aliphatic rings. The Balaban J connectivity index is 1.83. The summed E-state index contributed by atoms with van der Waals surface area (Å²) >= 11 is 5.79. The van der Waals surface area contributed by atoms with E-state index in [1.54, 1.807) is 0 Å². The predicted octanol–water partition coefficient (Wildman–Crippen LogP) is 3.47. The molecule has 1 heterocycles. The minimum atomic E-state index is -4.04. The molecule has 0 amide bonds. The minimum Gasteiger partial charge on any atom is -0.439 e. The van der Waals surface area contributed by atoms with Gasteiger partial charge in [-0.2, -0.15) is 4.98 Å². The number of aromatic nitrogens is 2. The van der Waals surface area contributed by atoms with Crippen LogP contribution in [0.2, 0.25) is 5.15 Å². The third-order valence-electron chi connectivity index (χ3n) is 3.59. The van der Waals surface area contributed by atoms with Crippen molar-refractivity contribution in [3.63, 3.8) is 0 Å². The van der Waals surface area contributed by atoms with Crippen LogP contribution in [0.15, 0.2) is 59.5 Å². The van der Waals surface area contributed by atoms with Crippen molar-refractivity contribution in [2.75, 3.05) is 17.1 Å². The van der Waals surface area contributed by atoms with Gasteiger partial charge in [-0.15, -0.1) is 0 Å². The highest BCUT2D eigenvalue weighted by molar-refractivity contribution is 7.92. The molecule has 0 radical (unpaired) electrons. The molecule has 0 fully saturated rings. The quantitative estimate of drug-likeness (QED) is 0.649. The highest BCUT2D eigenvalue weighted by atomic mass is 35.5. The van der Waals surface area contributed by atoms with Crippen molar-refractivity contribution < 1.29 is 17.5 Å². The average Bonchev–Trinajstić information content (AvgIpc) is 2.61. The van der Waals surface area contributed by atoms with Gasteiger partial charge >= 0.3 is 0 Å². The Hall–Kier alpha value is -2.91. The Morgan fingerprint density at radius 1 is 1.11 bits per heavy atom. The molecule has 2 N–H and O–H groups in total. The lowest BCUT2D eigenvalue weighted by molar-refractivity contribution is 0.462. The van der Waals surface area contributed by atoms with Crippen molar-refractivity contribution in [1.29, 1.82) is 0 Å². The minimum absolute atomic E-state index is 0.0372. The Kier molecular flexibility index (Phi) is 5.15. The Morgan fingerprint density at radius 2 is 1.78 bits per heavy atom. The van der Waals surface area contributed by atoms with Gasteiger partial charge in [-0.3, -0.25) is 4.31 Å². The maximum Gasteiger partial charge on any atom is 0.266 e. The average molecular weight is 409 g/mol. The molecule has 140 valence electrons. The lowest BCUT2D eigenvalue weighted by Gasteiger charge is -2.20. The fourth-order valence-electron chi connectivity index (χ4n) is 2.25. The second kappa shape index (κ2) is 7.37. The Bertz CT molecular complexity index is 1060. The molecular formula is C17H14ClFN4O3S. The molecule has 27 heavy (non-hydrogen) atoms. The van der Waals surface area contributed by atoms with E-state index in [0.717, 1.165) is 10.4 Å². The molecule has 0 unspecified atom stereocenters. The molecule has 2 aromatic carbocycles. The molecule has 3 rings (SSSR count). The fourth-order valence-corrected chi connectivity index (χ4v) is 3.69. The van der Waals surface area contributed by atoms with Crippen LogP contribution >= 0.6 is 11.6 Å². The second-order valence-electron chi connectivity index (χ2n) is 5.39. The van der Waals surface area contributed by atoms with Crippen molar-refractivity contribution in [3.05, 3.63) is 65.6 Å². The second-order valence-corrected chi connectivity index (χ2v) is 7.71. The third kappa shape index (κ3) is 4.09. The zero-order valence-corrected chi connectivity index (χ0v) is 15.6. The summed E-state index contributed by atoms with van der Waals surface area (Å²) in [6.45, 7) is 0. The standard InChI is InChI=1S/C17H14ClFN4O3S/c1-23(27(24,25)14-5-3-2-4-13(14)19)11-6-8-12(9-7-11)26-16-10-15(18)21-17(20)22-16/h2-10H,1H3,(H2,20,21,22). The molecule has 10 heteroatoms. The van der Waals surface area contributed by atoms with Gasteiger partial charge in [-0.25, -0.2) is 17.8 Å². The smallest absolute Gasteiger partial charge is 0.266 e. The van der Waals surface area contributed by atoms with Crippen LogP contribution in [0.1, 0.15) is 0 Å². The number of nitrogens with two attached hydrogens (primary N) is 1. The van der Waals surface area contributed by atoms with Crippen LogP contribution in [0.25, 0.3) is 0 Å². The van der Waals surface area contributed by atoms with Crippen molar-refractivity contribution >= 4 is 33.3 Å². The van der Waals surface area contributed by atoms with E-state index >= 15 is 0 Å². The third-order valence-corrected chi connectivity index (χ3v) is 5.60. The monoisotopic (exact) mass is 408 g/mol. The molecule has 0 aliphatic heterocycles. The number of rotatable bonds is 5. The van der Waals surface area contributed by atoms with Gasteiger partial charge in [0.2, 0.25) is 11.8 Å². The van der Waals surface area contributed by atoms with E-state index in [0.29, 0.717) is 11.4 Å². The van der Waals surface area contributed by atoms with E-state index in [9.17, 15) is 12.8 Å². The van der Waals surface area contributed by atoms with Gasteiger partial charge in [0.15, 0.2) is 0 Å². The lowest BCUT2D eigenvalue weighted by atomic mass is 10.3. The first-order valence-electron chi connectivity index (χ1n) is 7.59. The topological polar surface area (TPSA) is 98.4 Å². The number of ether oxygens (including phenoxy) is 1. The SMILES string of the molecule is CN(c1ccc(Oc2cc(Cl)nc(N)n2)cc1)S(=O)(=O)c1ccccc1F. The van der Waals surface area contributed by atoms with Gasteiger partial charge in [0.1, 0.15) is 21.6 Å². The van der Waals surface area contributed by atoms with Gasteiger partial charge in [0.05, 0.1) is 5.69 Å². The maximum atomic E-state index is 13.9. The molecular weight excluding hydrogens is 395 g/mol. The Morgan fingerprint density at radius 3 is 2.41 bits per heavy atom. The highest BCUT2D eigenvalue weighted by Gasteiger charge is 2.24. The first-order chi connectivity index (χ1) is 12.8. The summed E-state index contributed by atoms with van der Waals surface area (Å²) in [5, 5.41) is 0.129. The molecule has 0 saturated heterocycles. The number of benzene rings is 2. The van der Waals surface area contributed by atoms with Crippen LogP contribution in [0.4, 0.5) is 16.0 Å². The zero-order valence-electron chi connectivity index (χ0n) is 14.0. The van der Waals surface area contributed by atoms with E-state index in [1.807, 2.05) is 0 Å². The molecule has 0 saturated carbocycles. The largest absolute Gasteiger partial charge is 0.439 e. The Labute approximate surface area is 160 Å². The molecule has 1 aromatic heterocycles. The van der Waals surface area contributed by atoms with Crippen LogP contribution in [-0.4, -0.2) is 25.4 Å². The summed E-state index contributed by atoms with van der Waals surface area (Å²) in [5.74, 6) is -0.329. The number of hydrogen-bond donors (Lipinski definition) is 1. The van der Waals surface area contributed by atoms with Gasteiger partial charge < -0.3 is 10.5 Å². The first kappa shape index (κ1) is 18.9. The van der Waals surface area contributed by atoms with E-state index in [2.05, 4.69) is 9.97 Å². The number of halogens is 2. The normalized spacial score (nSPS) is 11.2. The van der Waals surface area contributed by atoms with Crippen LogP contribution in [0, 0.1) is 5.82 Å². The van der Waals surface area contributed by atoms with Gasteiger partial charge in [-0.05, 0) is 36.4 Å². The van der Waals surface area contributed by atoms with Crippen molar-refractivity contribution in [2.24, 2.45) is 0 Å². The van der Waals surface area contributed by atoms with Crippen LogP contribution < -0.4 is 14.8 Å². The van der Waals surface area contributed by atoms with E-state index < -0.39 is 20.7 Å².